The molecule has 1 amide bonds. The molecule has 0 saturated heterocycles. The molecule has 2 N–H and O–H groups in total. The number of hydrogen-bond acceptors (Lipinski definition) is 6. The number of halogens is 2. The van der Waals surface area contributed by atoms with Gasteiger partial charge in [0.25, 0.3) is 5.91 Å². The van der Waals surface area contributed by atoms with Crippen LogP contribution in [-0.2, 0) is 6.54 Å². The number of carbonyl (C=O) groups excluding carboxylic acids is 1. The van der Waals surface area contributed by atoms with Crippen LogP contribution in [0.25, 0.3) is 11.2 Å². The van der Waals surface area contributed by atoms with Gasteiger partial charge in [-0.15, -0.1) is 0 Å². The summed E-state index contributed by atoms with van der Waals surface area (Å²) >= 11 is 12.2. The first-order chi connectivity index (χ1) is 15.6. The molecule has 5 rings (SSSR count). The topological polar surface area (TPSA) is 97.6 Å². The molecule has 3 heterocycles. The Morgan fingerprint density at radius 1 is 1.12 bits per heavy atom. The third-order valence-electron chi connectivity index (χ3n) is 5.58. The number of aromatic nitrogens is 5. The van der Waals surface area contributed by atoms with Crippen LogP contribution < -0.4 is 10.6 Å². The second-order valence-corrected chi connectivity index (χ2v) is 8.44. The van der Waals surface area contributed by atoms with Crippen LogP contribution in [0.3, 0.4) is 0 Å². The molecule has 8 nitrogen and oxygen atoms in total. The maximum atomic E-state index is 12.6. The third-order valence-corrected chi connectivity index (χ3v) is 6.40. The minimum absolute atomic E-state index is 0.0463. The number of anilines is 1. The minimum atomic E-state index is -0.222. The Balaban J connectivity index is 1.25. The molecule has 0 atom stereocenters. The van der Waals surface area contributed by atoms with Gasteiger partial charge in [-0.2, -0.15) is 0 Å². The predicted octanol–water partition coefficient (Wildman–Crippen LogP) is 4.27. The Bertz CT molecular complexity index is 1270. The lowest BCUT2D eigenvalue weighted by Crippen LogP contribution is -2.45. The van der Waals surface area contributed by atoms with E-state index in [0.29, 0.717) is 22.9 Å². The smallest absolute Gasteiger partial charge is 0.253 e. The van der Waals surface area contributed by atoms with Gasteiger partial charge in [0.15, 0.2) is 11.5 Å². The van der Waals surface area contributed by atoms with Crippen molar-refractivity contribution in [2.45, 2.75) is 31.5 Å². The standard InChI is InChI=1S/C22H19Cl2N7O/c23-17-5-1-4-16(18(17)24)22(32)30-14-7-15(8-14)31-12-29-19-20(27-11-28-21(19)31)26-10-13-3-2-6-25-9-13/h1-6,9,11-12,14-15H,7-8,10H2,(H,30,32)(H,26,27,28). The first-order valence-electron chi connectivity index (χ1n) is 10.2. The van der Waals surface area contributed by atoms with Crippen molar-refractivity contribution in [3.8, 4) is 0 Å². The van der Waals surface area contributed by atoms with E-state index in [9.17, 15) is 4.79 Å². The quantitative estimate of drug-likeness (QED) is 0.439. The molecule has 10 heteroatoms. The van der Waals surface area contributed by atoms with Crippen LogP contribution in [-0.4, -0.2) is 36.5 Å². The first kappa shape index (κ1) is 20.7. The van der Waals surface area contributed by atoms with E-state index in [1.54, 1.807) is 30.7 Å². The Hall–Kier alpha value is -3.23. The SMILES string of the molecule is O=C(NC1CC(n2cnc3c(NCc4cccnc4)ncnc32)C1)c1cccc(Cl)c1Cl. The molecule has 0 bridgehead atoms. The lowest BCUT2D eigenvalue weighted by atomic mass is 9.86. The molecule has 0 spiro atoms. The molecular weight excluding hydrogens is 449 g/mol. The Morgan fingerprint density at radius 2 is 2.00 bits per heavy atom. The molecule has 0 radical (unpaired) electrons. The fourth-order valence-electron chi connectivity index (χ4n) is 3.81. The van der Waals surface area contributed by atoms with Gasteiger partial charge in [-0.3, -0.25) is 9.78 Å². The molecule has 4 aromatic rings. The summed E-state index contributed by atoms with van der Waals surface area (Å²) in [6.07, 6.45) is 8.42. The number of amides is 1. The number of nitrogens with one attached hydrogen (secondary N) is 2. The van der Waals surface area contributed by atoms with Gasteiger partial charge >= 0.3 is 0 Å². The van der Waals surface area contributed by atoms with Gasteiger partial charge < -0.3 is 15.2 Å². The highest BCUT2D eigenvalue weighted by molar-refractivity contribution is 6.43. The highest BCUT2D eigenvalue weighted by Crippen LogP contribution is 2.35. The van der Waals surface area contributed by atoms with E-state index in [1.807, 2.05) is 22.9 Å². The van der Waals surface area contributed by atoms with Crippen molar-refractivity contribution in [1.29, 1.82) is 0 Å². The van der Waals surface area contributed by atoms with Crippen LogP contribution >= 0.6 is 23.2 Å². The summed E-state index contributed by atoms with van der Waals surface area (Å²) in [6, 6.07) is 9.17. The van der Waals surface area contributed by atoms with Gasteiger partial charge in [0.2, 0.25) is 0 Å². The molecule has 3 aromatic heterocycles. The molecule has 1 aliphatic rings. The van der Waals surface area contributed by atoms with Gasteiger partial charge in [-0.1, -0.05) is 35.3 Å². The molecule has 32 heavy (non-hydrogen) atoms. The summed E-state index contributed by atoms with van der Waals surface area (Å²) in [5, 5.41) is 6.97. The highest BCUT2D eigenvalue weighted by Gasteiger charge is 2.33. The van der Waals surface area contributed by atoms with Gasteiger partial charge in [-0.05, 0) is 36.6 Å². The predicted molar refractivity (Wildman–Crippen MR) is 123 cm³/mol. The average Bonchev–Trinajstić information content (AvgIpc) is 3.21. The van der Waals surface area contributed by atoms with Gasteiger partial charge in [0.1, 0.15) is 11.8 Å². The Morgan fingerprint density at radius 3 is 2.81 bits per heavy atom. The number of fused-ring (bicyclic) bond motifs is 1. The number of imidazole rings is 1. The fraction of sp³-hybridized carbons (Fsp3) is 0.227. The van der Waals surface area contributed by atoms with E-state index < -0.39 is 0 Å². The van der Waals surface area contributed by atoms with Gasteiger partial charge in [0.05, 0.1) is 21.9 Å². The molecule has 1 fully saturated rings. The molecular formula is C22H19Cl2N7O. The summed E-state index contributed by atoms with van der Waals surface area (Å²) in [5.74, 6) is 0.457. The summed E-state index contributed by atoms with van der Waals surface area (Å²) in [5.41, 5.74) is 2.92. The molecule has 0 unspecified atom stereocenters. The van der Waals surface area contributed by atoms with Gasteiger partial charge in [0, 0.05) is 31.0 Å². The van der Waals surface area contributed by atoms with E-state index in [4.69, 9.17) is 23.2 Å². The zero-order chi connectivity index (χ0) is 22.1. The molecule has 162 valence electrons. The van der Waals surface area contributed by atoms with Crippen LogP contribution in [0.4, 0.5) is 5.82 Å². The number of carbonyl (C=O) groups is 1. The van der Waals surface area contributed by atoms with Crippen molar-refractivity contribution >= 4 is 46.1 Å². The highest BCUT2D eigenvalue weighted by atomic mass is 35.5. The Kier molecular flexibility index (Phi) is 5.63. The number of nitrogens with zero attached hydrogens (tertiary/aromatic N) is 5. The Labute approximate surface area is 194 Å². The second kappa shape index (κ2) is 8.72. The third kappa shape index (κ3) is 3.99. The molecule has 1 aromatic carbocycles. The van der Waals surface area contributed by atoms with Crippen LogP contribution in [0.15, 0.2) is 55.4 Å². The average molecular weight is 468 g/mol. The number of rotatable bonds is 6. The fourth-order valence-corrected chi connectivity index (χ4v) is 4.20. The maximum absolute atomic E-state index is 12.6. The summed E-state index contributed by atoms with van der Waals surface area (Å²) < 4.78 is 2.04. The monoisotopic (exact) mass is 467 g/mol. The van der Waals surface area contributed by atoms with Crippen LogP contribution in [0.1, 0.15) is 34.8 Å². The minimum Gasteiger partial charge on any atom is -0.364 e. The molecule has 1 aliphatic carbocycles. The largest absolute Gasteiger partial charge is 0.364 e. The van der Waals surface area contributed by atoms with Gasteiger partial charge in [-0.25, -0.2) is 15.0 Å². The number of pyridine rings is 1. The second-order valence-electron chi connectivity index (χ2n) is 7.66. The summed E-state index contributed by atoms with van der Waals surface area (Å²) in [6.45, 7) is 0.594. The zero-order valence-electron chi connectivity index (χ0n) is 16.9. The van der Waals surface area contributed by atoms with E-state index in [0.717, 1.165) is 29.6 Å². The molecule has 1 saturated carbocycles. The van der Waals surface area contributed by atoms with Crippen molar-refractivity contribution in [3.63, 3.8) is 0 Å². The van der Waals surface area contributed by atoms with Crippen LogP contribution in [0, 0.1) is 0 Å². The van der Waals surface area contributed by atoms with Crippen molar-refractivity contribution in [2.75, 3.05) is 5.32 Å². The first-order valence-corrected chi connectivity index (χ1v) is 10.9. The van der Waals surface area contributed by atoms with Crippen LogP contribution in [0.5, 0.6) is 0 Å². The number of hydrogen-bond donors (Lipinski definition) is 2. The van der Waals surface area contributed by atoms with Crippen LogP contribution in [0.2, 0.25) is 10.0 Å². The van der Waals surface area contributed by atoms with Crippen molar-refractivity contribution < 1.29 is 4.79 Å². The van der Waals surface area contributed by atoms with E-state index in [-0.39, 0.29) is 23.0 Å². The summed E-state index contributed by atoms with van der Waals surface area (Å²) in [7, 11) is 0. The van der Waals surface area contributed by atoms with Crippen molar-refractivity contribution in [2.24, 2.45) is 0 Å². The number of benzene rings is 1. The molecule has 0 aliphatic heterocycles. The normalized spacial score (nSPS) is 17.7. The van der Waals surface area contributed by atoms with E-state index in [2.05, 4.69) is 30.6 Å². The summed E-state index contributed by atoms with van der Waals surface area (Å²) in [4.78, 5) is 30.0. The van der Waals surface area contributed by atoms with E-state index >= 15 is 0 Å². The van der Waals surface area contributed by atoms with Crippen molar-refractivity contribution in [3.05, 3.63) is 76.6 Å². The zero-order valence-corrected chi connectivity index (χ0v) is 18.4. The lowest BCUT2D eigenvalue weighted by molar-refractivity contribution is 0.0894. The lowest BCUT2D eigenvalue weighted by Gasteiger charge is -2.36. The maximum Gasteiger partial charge on any atom is 0.253 e. The van der Waals surface area contributed by atoms with Crippen molar-refractivity contribution in [1.82, 2.24) is 29.8 Å². The van der Waals surface area contributed by atoms with E-state index in [1.165, 1.54) is 6.33 Å².